The van der Waals surface area contributed by atoms with Crippen LogP contribution in [0.2, 0.25) is 54.4 Å². The Morgan fingerprint density at radius 2 is 1.07 bits per heavy atom. The lowest BCUT2D eigenvalue weighted by Gasteiger charge is -2.66. The summed E-state index contributed by atoms with van der Waals surface area (Å²) < 4.78 is 23.1. The Bertz CT molecular complexity index is 938. The van der Waals surface area contributed by atoms with Crippen molar-refractivity contribution in [1.29, 1.82) is 0 Å². The van der Waals surface area contributed by atoms with Crippen molar-refractivity contribution >= 4 is 30.7 Å². The number of rotatable bonds is 15. The van der Waals surface area contributed by atoms with Gasteiger partial charge in [-0.3, -0.25) is 4.79 Å². The van der Waals surface area contributed by atoms with Crippen LogP contribution in [-0.4, -0.2) is 49.0 Å². The van der Waals surface area contributed by atoms with Crippen LogP contribution in [0, 0.1) is 34.5 Å². The van der Waals surface area contributed by atoms with Gasteiger partial charge in [0, 0.05) is 17.9 Å². The topological polar surface area (TPSA) is 44.8 Å². The molecule has 9 atom stereocenters. The number of ketones is 1. The first-order valence-corrected chi connectivity index (χ1v) is 27.0. The van der Waals surface area contributed by atoms with Gasteiger partial charge in [-0.1, -0.05) is 76.2 Å². The summed E-state index contributed by atoms with van der Waals surface area (Å²) in [6.07, 6.45) is 8.28. The van der Waals surface area contributed by atoms with Gasteiger partial charge in [-0.15, -0.1) is 0 Å². The van der Waals surface area contributed by atoms with Crippen molar-refractivity contribution in [2.24, 2.45) is 34.5 Å². The minimum absolute atomic E-state index is 0.126. The predicted molar refractivity (Wildman–Crippen MR) is 194 cm³/mol. The van der Waals surface area contributed by atoms with E-state index in [1.54, 1.807) is 0 Å². The molecule has 0 aromatic rings. The zero-order chi connectivity index (χ0) is 32.6. The first kappa shape index (κ1) is 37.0. The monoisotopic (exact) mass is 664 g/mol. The Hall–Kier alpha value is 0.201. The van der Waals surface area contributed by atoms with Crippen LogP contribution in [-0.2, 0) is 18.1 Å². The molecule has 7 heteroatoms. The zero-order valence-corrected chi connectivity index (χ0v) is 34.0. The molecular weight excluding hydrogens is 593 g/mol. The molecule has 0 heterocycles. The second-order valence-electron chi connectivity index (χ2n) is 16.2. The summed E-state index contributed by atoms with van der Waals surface area (Å²) in [5, 5.41) is 0. The Kier molecular flexibility index (Phi) is 12.1. The van der Waals surface area contributed by atoms with Crippen LogP contribution in [0.15, 0.2) is 0 Å². The average Bonchev–Trinajstić information content (AvgIpc) is 3.36. The second-order valence-corrected chi connectivity index (χ2v) is 30.4. The van der Waals surface area contributed by atoms with Gasteiger partial charge in [-0.2, -0.15) is 0 Å². The molecular formula is C37H72O4Si3. The fraction of sp³-hybridized carbons (Fsp3) is 0.973. The first-order valence-electron chi connectivity index (χ1n) is 19.5. The highest BCUT2D eigenvalue weighted by molar-refractivity contribution is 6.74. The lowest BCUT2D eigenvalue weighted by atomic mass is 9.44. The maximum absolute atomic E-state index is 13.6. The fourth-order valence-electron chi connectivity index (χ4n) is 11.3. The first-order chi connectivity index (χ1) is 20.9. The normalized spacial score (nSPS) is 37.9. The van der Waals surface area contributed by atoms with Gasteiger partial charge in [0.1, 0.15) is 5.78 Å². The van der Waals surface area contributed by atoms with E-state index in [9.17, 15) is 4.79 Å². The van der Waals surface area contributed by atoms with Crippen molar-refractivity contribution in [1.82, 2.24) is 0 Å². The molecule has 0 N–H and O–H groups in total. The van der Waals surface area contributed by atoms with Gasteiger partial charge < -0.3 is 13.3 Å². The maximum atomic E-state index is 13.6. The second kappa shape index (κ2) is 14.4. The number of Topliss-reactive ketones (excluding diaryl/α,β-unsaturated/α-hetero) is 1. The fourth-order valence-corrected chi connectivity index (χ4v) is 19.9. The van der Waals surface area contributed by atoms with E-state index in [-0.39, 0.29) is 23.0 Å². The Labute approximate surface area is 276 Å². The van der Waals surface area contributed by atoms with Crippen LogP contribution in [0.3, 0.4) is 0 Å². The van der Waals surface area contributed by atoms with Crippen molar-refractivity contribution in [3.63, 3.8) is 0 Å². The summed E-state index contributed by atoms with van der Waals surface area (Å²) in [7, 11) is -5.59. The third kappa shape index (κ3) is 6.23. The summed E-state index contributed by atoms with van der Waals surface area (Å²) in [6, 6.07) is 10.7. The van der Waals surface area contributed by atoms with E-state index in [4.69, 9.17) is 13.3 Å². The molecule has 0 spiro atoms. The third-order valence-corrected chi connectivity index (χ3v) is 29.3. The van der Waals surface area contributed by atoms with E-state index in [2.05, 4.69) is 76.2 Å². The smallest absolute Gasteiger partial charge is 0.192 e. The van der Waals surface area contributed by atoms with Crippen LogP contribution in [0.5, 0.6) is 0 Å². The van der Waals surface area contributed by atoms with Crippen LogP contribution in [0.25, 0.3) is 0 Å². The van der Waals surface area contributed by atoms with E-state index in [0.29, 0.717) is 35.6 Å². The zero-order valence-electron chi connectivity index (χ0n) is 31.0. The van der Waals surface area contributed by atoms with Crippen LogP contribution >= 0.6 is 0 Å². The molecule has 0 saturated heterocycles. The molecule has 4 saturated carbocycles. The van der Waals surface area contributed by atoms with Gasteiger partial charge >= 0.3 is 0 Å². The van der Waals surface area contributed by atoms with Crippen molar-refractivity contribution in [3.8, 4) is 0 Å². The molecule has 4 aliphatic carbocycles. The quantitative estimate of drug-likeness (QED) is 0.163. The summed E-state index contributed by atoms with van der Waals surface area (Å²) >= 11 is 0. The molecule has 0 aromatic carbocycles. The maximum Gasteiger partial charge on any atom is 0.192 e. The molecule has 0 bridgehead atoms. The van der Waals surface area contributed by atoms with E-state index < -0.39 is 25.0 Å². The molecule has 4 aliphatic rings. The molecule has 44 heavy (non-hydrogen) atoms. The summed E-state index contributed by atoms with van der Waals surface area (Å²) in [5.74, 6) is 2.50. The van der Waals surface area contributed by atoms with Gasteiger partial charge in [0.25, 0.3) is 0 Å². The standard InChI is InChI=1S/C37H72O4Si3/c1-12-42(13-2,14-3)39-28-23-25-36(10)30-24-26-37(11)29(21-22-32(37)38)33(30)35(41-44(18-7,19-8)20-9)34(31(36)27-28)40-43(15-4,16-5)17-6/h28-31,33-35H,12-27H2,1-11H3/t28-,29?,30?,31?,33?,34-,35-,36+,37-/m0/s1. The number of hydrogen-bond donors (Lipinski definition) is 0. The average molecular weight is 665 g/mol. The van der Waals surface area contributed by atoms with Crippen LogP contribution < -0.4 is 0 Å². The highest BCUT2D eigenvalue weighted by atomic mass is 28.4. The highest BCUT2D eigenvalue weighted by Gasteiger charge is 2.67. The molecule has 4 nitrogen and oxygen atoms in total. The summed E-state index contributed by atoms with van der Waals surface area (Å²) in [6.45, 7) is 26.5. The lowest BCUT2D eigenvalue weighted by molar-refractivity contribution is -0.209. The van der Waals surface area contributed by atoms with Gasteiger partial charge in [0.05, 0.1) is 12.2 Å². The summed E-state index contributed by atoms with van der Waals surface area (Å²) in [4.78, 5) is 13.6. The molecule has 0 aliphatic heterocycles. The highest BCUT2D eigenvalue weighted by Crippen LogP contribution is 2.67. The number of fused-ring (bicyclic) bond motifs is 5. The van der Waals surface area contributed by atoms with E-state index in [1.807, 2.05) is 0 Å². The Balaban J connectivity index is 1.87. The van der Waals surface area contributed by atoms with Crippen LogP contribution in [0.4, 0.5) is 0 Å². The molecule has 4 rings (SSSR count). The lowest BCUT2D eigenvalue weighted by Crippen LogP contribution is -2.68. The van der Waals surface area contributed by atoms with Gasteiger partial charge in [-0.05, 0) is 122 Å². The third-order valence-electron chi connectivity index (χ3n) is 15.3. The number of hydrogen-bond acceptors (Lipinski definition) is 4. The minimum atomic E-state index is -1.94. The van der Waals surface area contributed by atoms with Gasteiger partial charge in [0.15, 0.2) is 25.0 Å². The van der Waals surface area contributed by atoms with Gasteiger partial charge in [-0.25, -0.2) is 0 Å². The Morgan fingerprint density at radius 3 is 1.57 bits per heavy atom. The van der Waals surface area contributed by atoms with Gasteiger partial charge in [0.2, 0.25) is 0 Å². The molecule has 0 amide bonds. The van der Waals surface area contributed by atoms with E-state index >= 15 is 0 Å². The largest absolute Gasteiger partial charge is 0.414 e. The Morgan fingerprint density at radius 1 is 0.591 bits per heavy atom. The molecule has 256 valence electrons. The van der Waals surface area contributed by atoms with Crippen molar-refractivity contribution in [3.05, 3.63) is 0 Å². The number of carbonyl (C=O) groups is 1. The molecule has 0 radical (unpaired) electrons. The van der Waals surface area contributed by atoms with Crippen molar-refractivity contribution in [2.75, 3.05) is 0 Å². The van der Waals surface area contributed by atoms with E-state index in [1.165, 1.54) is 73.7 Å². The predicted octanol–water partition coefficient (Wildman–Crippen LogP) is 11.0. The molecule has 0 aromatic heterocycles. The molecule has 4 unspecified atom stereocenters. The van der Waals surface area contributed by atoms with Crippen molar-refractivity contribution < 1.29 is 18.1 Å². The van der Waals surface area contributed by atoms with Crippen molar-refractivity contribution in [2.45, 2.75) is 194 Å². The van der Waals surface area contributed by atoms with E-state index in [0.717, 1.165) is 25.7 Å². The van der Waals surface area contributed by atoms with Crippen LogP contribution in [0.1, 0.15) is 121 Å². The molecule has 4 fully saturated rings. The number of carbonyl (C=O) groups excluding carboxylic acids is 1. The SMILES string of the molecule is CC[Si](CC)(CC)O[C@H]1CC[C@]2(C)C3CC[C@]4(C)C(=O)CCC4C3[C@H](O[Si](CC)(CC)CC)[C@@H](O[Si](CC)(CC)CC)C2C1. The minimum Gasteiger partial charge on any atom is -0.414 e. The summed E-state index contributed by atoms with van der Waals surface area (Å²) in [5.41, 5.74) is 0.0518.